The molecule has 1 aliphatic carbocycles. The van der Waals surface area contributed by atoms with Crippen molar-refractivity contribution in [1.82, 2.24) is 14.5 Å². The maximum Gasteiger partial charge on any atom is 0.434 e. The highest BCUT2D eigenvalue weighted by atomic mass is 35.5. The molecule has 1 aromatic carbocycles. The van der Waals surface area contributed by atoms with Gasteiger partial charge in [-0.3, -0.25) is 0 Å². The molecular formula is C20H14ClF3N4. The molecule has 0 radical (unpaired) electrons. The Kier molecular flexibility index (Phi) is 4.39. The van der Waals surface area contributed by atoms with Gasteiger partial charge in [-0.25, -0.2) is 9.97 Å². The number of aromatic nitrogens is 3. The lowest BCUT2D eigenvalue weighted by molar-refractivity contribution is -0.140. The molecule has 0 saturated heterocycles. The predicted octanol–water partition coefficient (Wildman–Crippen LogP) is 5.57. The molecule has 1 aliphatic rings. The van der Waals surface area contributed by atoms with E-state index in [-0.39, 0.29) is 5.82 Å². The fourth-order valence-corrected chi connectivity index (χ4v) is 3.38. The van der Waals surface area contributed by atoms with Gasteiger partial charge in [-0.1, -0.05) is 17.7 Å². The Bertz CT molecular complexity index is 1110. The second kappa shape index (κ2) is 6.64. The molecule has 0 spiro atoms. The number of rotatable bonds is 3. The van der Waals surface area contributed by atoms with E-state index in [0.717, 1.165) is 30.3 Å². The Morgan fingerprint density at radius 1 is 1.14 bits per heavy atom. The van der Waals surface area contributed by atoms with E-state index in [1.165, 1.54) is 11.6 Å². The second-order valence-corrected chi connectivity index (χ2v) is 7.20. The maximum absolute atomic E-state index is 13.1. The molecular weight excluding hydrogens is 389 g/mol. The Morgan fingerprint density at radius 3 is 2.50 bits per heavy atom. The summed E-state index contributed by atoms with van der Waals surface area (Å²) in [4.78, 5) is 8.14. The third-order valence-electron chi connectivity index (χ3n) is 4.68. The van der Waals surface area contributed by atoms with Crippen LogP contribution in [-0.2, 0) is 13.2 Å². The summed E-state index contributed by atoms with van der Waals surface area (Å²) in [5, 5.41) is 9.58. The first kappa shape index (κ1) is 18.5. The molecule has 1 saturated carbocycles. The van der Waals surface area contributed by atoms with Crippen LogP contribution in [0.1, 0.15) is 35.7 Å². The van der Waals surface area contributed by atoms with Gasteiger partial charge in [0.2, 0.25) is 0 Å². The largest absolute Gasteiger partial charge is 0.434 e. The molecule has 28 heavy (non-hydrogen) atoms. The van der Waals surface area contributed by atoms with E-state index in [9.17, 15) is 18.4 Å². The third kappa shape index (κ3) is 3.48. The number of pyridine rings is 1. The minimum Gasteiger partial charge on any atom is -0.333 e. The van der Waals surface area contributed by atoms with Crippen LogP contribution < -0.4 is 0 Å². The van der Waals surface area contributed by atoms with Crippen molar-refractivity contribution in [2.45, 2.75) is 24.9 Å². The number of alkyl halides is 3. The summed E-state index contributed by atoms with van der Waals surface area (Å²) in [6, 6.07) is 10.5. The molecule has 0 unspecified atom stereocenters. The quantitative estimate of drug-likeness (QED) is 0.538. The number of aryl methyl sites for hydroxylation is 1. The fraction of sp³-hybridized carbons (Fsp3) is 0.250. The smallest absolute Gasteiger partial charge is 0.333 e. The van der Waals surface area contributed by atoms with Crippen LogP contribution in [0.4, 0.5) is 13.2 Å². The minimum atomic E-state index is -4.55. The minimum absolute atomic E-state index is 0.125. The van der Waals surface area contributed by atoms with Crippen LogP contribution in [0.3, 0.4) is 0 Å². The zero-order valence-corrected chi connectivity index (χ0v) is 15.5. The average molecular weight is 403 g/mol. The first-order valence-corrected chi connectivity index (χ1v) is 8.97. The van der Waals surface area contributed by atoms with Crippen molar-refractivity contribution in [1.29, 1.82) is 5.26 Å². The number of benzene rings is 1. The lowest BCUT2D eigenvalue weighted by Crippen LogP contribution is -2.05. The van der Waals surface area contributed by atoms with Crippen LogP contribution in [0, 0.1) is 11.3 Å². The van der Waals surface area contributed by atoms with Gasteiger partial charge in [0, 0.05) is 30.4 Å². The predicted molar refractivity (Wildman–Crippen MR) is 98.6 cm³/mol. The van der Waals surface area contributed by atoms with Gasteiger partial charge in [0.1, 0.15) is 11.0 Å². The standard InChI is InChI=1S/C20H14ClF3N4/c1-28-10-17(20(22,23)24)27-19(28)15-6-11(9-25)2-5-14(15)13-7-16(12-3-4-12)26-18(21)8-13/h2,5-8,10,12H,3-4H2,1H3. The van der Waals surface area contributed by atoms with Crippen molar-refractivity contribution in [3.05, 3.63) is 58.6 Å². The summed E-state index contributed by atoms with van der Waals surface area (Å²) in [7, 11) is 1.50. The van der Waals surface area contributed by atoms with E-state index in [1.54, 1.807) is 24.3 Å². The Labute approximate surface area is 164 Å². The second-order valence-electron chi connectivity index (χ2n) is 6.81. The highest BCUT2D eigenvalue weighted by molar-refractivity contribution is 6.29. The molecule has 0 bridgehead atoms. The molecule has 4 nitrogen and oxygen atoms in total. The van der Waals surface area contributed by atoms with E-state index in [2.05, 4.69) is 9.97 Å². The van der Waals surface area contributed by atoms with Crippen LogP contribution >= 0.6 is 11.6 Å². The highest BCUT2D eigenvalue weighted by Gasteiger charge is 2.35. The third-order valence-corrected chi connectivity index (χ3v) is 4.87. The number of imidazole rings is 1. The number of hydrogen-bond donors (Lipinski definition) is 0. The van der Waals surface area contributed by atoms with Gasteiger partial charge < -0.3 is 4.57 Å². The molecule has 2 heterocycles. The molecule has 2 aromatic heterocycles. The summed E-state index contributed by atoms with van der Waals surface area (Å²) in [5.41, 5.74) is 2.03. The van der Waals surface area contributed by atoms with Crippen LogP contribution in [0.2, 0.25) is 5.15 Å². The van der Waals surface area contributed by atoms with E-state index >= 15 is 0 Å². The first-order chi connectivity index (χ1) is 13.3. The van der Waals surface area contributed by atoms with E-state index in [4.69, 9.17) is 11.6 Å². The molecule has 0 aliphatic heterocycles. The normalized spacial score (nSPS) is 14.1. The fourth-order valence-electron chi connectivity index (χ4n) is 3.16. The molecule has 0 atom stereocenters. The Balaban J connectivity index is 1.92. The molecule has 1 fully saturated rings. The highest BCUT2D eigenvalue weighted by Crippen LogP contribution is 2.42. The van der Waals surface area contributed by atoms with Crippen molar-refractivity contribution >= 4 is 11.6 Å². The maximum atomic E-state index is 13.1. The topological polar surface area (TPSA) is 54.5 Å². The molecule has 3 aromatic rings. The summed E-state index contributed by atoms with van der Waals surface area (Å²) >= 11 is 6.19. The van der Waals surface area contributed by atoms with E-state index in [0.29, 0.717) is 27.8 Å². The summed E-state index contributed by atoms with van der Waals surface area (Å²) in [6.07, 6.45) is -1.53. The lowest BCUT2D eigenvalue weighted by atomic mass is 9.97. The van der Waals surface area contributed by atoms with Crippen molar-refractivity contribution in [2.75, 3.05) is 0 Å². The lowest BCUT2D eigenvalue weighted by Gasteiger charge is -2.12. The van der Waals surface area contributed by atoms with Gasteiger partial charge in [-0.2, -0.15) is 18.4 Å². The Hall–Kier alpha value is -2.85. The van der Waals surface area contributed by atoms with Crippen LogP contribution in [0.25, 0.3) is 22.5 Å². The van der Waals surface area contributed by atoms with Crippen LogP contribution in [0.15, 0.2) is 36.5 Å². The van der Waals surface area contributed by atoms with Gasteiger partial charge in [0.25, 0.3) is 0 Å². The van der Waals surface area contributed by atoms with Crippen molar-refractivity contribution in [3.8, 4) is 28.6 Å². The summed E-state index contributed by atoms with van der Waals surface area (Å²) in [6.45, 7) is 0. The Morgan fingerprint density at radius 2 is 1.89 bits per heavy atom. The van der Waals surface area contributed by atoms with Crippen molar-refractivity contribution < 1.29 is 13.2 Å². The zero-order valence-electron chi connectivity index (χ0n) is 14.8. The van der Waals surface area contributed by atoms with E-state index in [1.807, 2.05) is 12.1 Å². The monoisotopic (exact) mass is 402 g/mol. The SMILES string of the molecule is Cn1cc(C(F)(F)F)nc1-c1cc(C#N)ccc1-c1cc(Cl)nc(C2CC2)c1. The van der Waals surface area contributed by atoms with Crippen molar-refractivity contribution in [2.24, 2.45) is 7.05 Å². The van der Waals surface area contributed by atoms with Gasteiger partial charge in [-0.05, 0) is 48.2 Å². The van der Waals surface area contributed by atoms with E-state index < -0.39 is 11.9 Å². The molecule has 142 valence electrons. The van der Waals surface area contributed by atoms with Crippen LogP contribution in [0.5, 0.6) is 0 Å². The van der Waals surface area contributed by atoms with Gasteiger partial charge >= 0.3 is 6.18 Å². The number of halogens is 4. The summed E-state index contributed by atoms with van der Waals surface area (Å²) in [5.74, 6) is 0.490. The first-order valence-electron chi connectivity index (χ1n) is 8.59. The van der Waals surface area contributed by atoms with Gasteiger partial charge in [-0.15, -0.1) is 0 Å². The summed E-state index contributed by atoms with van der Waals surface area (Å²) < 4.78 is 40.7. The molecule has 0 amide bonds. The molecule has 8 heteroatoms. The molecule has 4 rings (SSSR count). The zero-order chi connectivity index (χ0) is 20.1. The average Bonchev–Trinajstić information content (AvgIpc) is 3.42. The number of nitriles is 1. The van der Waals surface area contributed by atoms with Crippen molar-refractivity contribution in [3.63, 3.8) is 0 Å². The van der Waals surface area contributed by atoms with Gasteiger partial charge in [0.05, 0.1) is 11.6 Å². The number of hydrogen-bond acceptors (Lipinski definition) is 3. The number of nitrogens with zero attached hydrogens (tertiary/aromatic N) is 4. The van der Waals surface area contributed by atoms with Gasteiger partial charge in [0.15, 0.2) is 5.69 Å². The molecule has 0 N–H and O–H groups in total. The van der Waals surface area contributed by atoms with Crippen LogP contribution in [-0.4, -0.2) is 14.5 Å².